The molecule has 0 saturated heterocycles. The first-order chi connectivity index (χ1) is 15.7. The standard InChI is InChI=1S/C26H22F5NO/c1-3-26(2,25(33)32-24-22(30)20(28)19(27)21(29)23(24)31)15-18(17-12-8-5-9-13-17)14-16-10-6-4-7-11-16/h4-14H,3,15H2,1-2H3,(H,32,33)/b18-14-. The van der Waals surface area contributed by atoms with Crippen LogP contribution in [0.15, 0.2) is 60.7 Å². The number of carbonyl (C=O) groups is 1. The summed E-state index contributed by atoms with van der Waals surface area (Å²) in [5.41, 5.74) is -0.0698. The van der Waals surface area contributed by atoms with Gasteiger partial charge < -0.3 is 5.32 Å². The molecule has 3 aromatic carbocycles. The van der Waals surface area contributed by atoms with Crippen LogP contribution in [-0.2, 0) is 4.79 Å². The fourth-order valence-corrected chi connectivity index (χ4v) is 3.40. The van der Waals surface area contributed by atoms with E-state index in [4.69, 9.17) is 0 Å². The zero-order valence-electron chi connectivity index (χ0n) is 18.1. The average Bonchev–Trinajstić information content (AvgIpc) is 2.84. The van der Waals surface area contributed by atoms with Crippen molar-refractivity contribution in [2.45, 2.75) is 26.7 Å². The number of hydrogen-bond donors (Lipinski definition) is 1. The second-order valence-electron chi connectivity index (χ2n) is 7.94. The number of carbonyl (C=O) groups excluding carboxylic acids is 1. The summed E-state index contributed by atoms with van der Waals surface area (Å²) in [6.07, 6.45) is 2.30. The Morgan fingerprint density at radius 1 is 0.818 bits per heavy atom. The lowest BCUT2D eigenvalue weighted by molar-refractivity contribution is -0.124. The molecule has 1 unspecified atom stereocenters. The number of benzene rings is 3. The molecule has 0 bridgehead atoms. The molecule has 0 radical (unpaired) electrons. The zero-order chi connectivity index (χ0) is 24.2. The number of anilines is 1. The van der Waals surface area contributed by atoms with Crippen LogP contribution in [0.1, 0.15) is 37.8 Å². The predicted octanol–water partition coefficient (Wildman–Crippen LogP) is 7.37. The number of halogens is 5. The first-order valence-electron chi connectivity index (χ1n) is 10.3. The molecule has 1 N–H and O–H groups in total. The van der Waals surface area contributed by atoms with Gasteiger partial charge in [0.2, 0.25) is 11.7 Å². The highest BCUT2D eigenvalue weighted by Crippen LogP contribution is 2.37. The van der Waals surface area contributed by atoms with Crippen molar-refractivity contribution in [2.24, 2.45) is 5.41 Å². The number of rotatable bonds is 7. The van der Waals surface area contributed by atoms with Gasteiger partial charge in [0.1, 0.15) is 5.69 Å². The molecule has 33 heavy (non-hydrogen) atoms. The molecule has 2 nitrogen and oxygen atoms in total. The Kier molecular flexibility index (Phi) is 7.31. The maximum atomic E-state index is 14.1. The van der Waals surface area contributed by atoms with E-state index in [1.165, 1.54) is 0 Å². The molecule has 172 valence electrons. The Morgan fingerprint density at radius 2 is 1.30 bits per heavy atom. The SMILES string of the molecule is CCC(C)(C/C(=C/c1ccccc1)c1ccccc1)C(=O)Nc1c(F)c(F)c(F)c(F)c1F. The van der Waals surface area contributed by atoms with E-state index in [1.807, 2.05) is 72.1 Å². The molecule has 0 aromatic heterocycles. The Hall–Kier alpha value is -3.48. The molecule has 0 saturated carbocycles. The first-order valence-corrected chi connectivity index (χ1v) is 10.3. The van der Waals surface area contributed by atoms with Crippen LogP contribution in [0.5, 0.6) is 0 Å². The Labute approximate surface area is 188 Å². The molecular weight excluding hydrogens is 437 g/mol. The Balaban J connectivity index is 1.99. The van der Waals surface area contributed by atoms with Crippen molar-refractivity contribution < 1.29 is 26.7 Å². The zero-order valence-corrected chi connectivity index (χ0v) is 18.1. The lowest BCUT2D eigenvalue weighted by Gasteiger charge is -2.29. The predicted molar refractivity (Wildman–Crippen MR) is 119 cm³/mol. The summed E-state index contributed by atoms with van der Waals surface area (Å²) in [5, 5.41) is 1.94. The van der Waals surface area contributed by atoms with E-state index in [0.717, 1.165) is 16.7 Å². The highest BCUT2D eigenvalue weighted by atomic mass is 19.2. The van der Waals surface area contributed by atoms with Gasteiger partial charge in [-0.25, -0.2) is 22.0 Å². The van der Waals surface area contributed by atoms with Crippen LogP contribution in [0, 0.1) is 34.5 Å². The molecule has 3 aromatic rings. The molecule has 0 heterocycles. The molecule has 1 atom stereocenters. The Bertz CT molecular complexity index is 1150. The minimum atomic E-state index is -2.28. The molecule has 0 spiro atoms. The van der Waals surface area contributed by atoms with Gasteiger partial charge in [-0.15, -0.1) is 0 Å². The van der Waals surface area contributed by atoms with Crippen LogP contribution in [0.25, 0.3) is 11.6 Å². The topological polar surface area (TPSA) is 29.1 Å². The van der Waals surface area contributed by atoms with E-state index < -0.39 is 46.1 Å². The molecule has 3 rings (SSSR count). The van der Waals surface area contributed by atoms with Gasteiger partial charge in [-0.2, -0.15) is 0 Å². The van der Waals surface area contributed by atoms with Crippen LogP contribution in [0.4, 0.5) is 27.6 Å². The molecule has 7 heteroatoms. The summed E-state index contributed by atoms with van der Waals surface area (Å²) in [5.74, 6) is -11.5. The van der Waals surface area contributed by atoms with Crippen molar-refractivity contribution in [1.29, 1.82) is 0 Å². The van der Waals surface area contributed by atoms with Crippen molar-refractivity contribution in [3.63, 3.8) is 0 Å². The van der Waals surface area contributed by atoms with Gasteiger partial charge >= 0.3 is 0 Å². The summed E-state index contributed by atoms with van der Waals surface area (Å²) in [6.45, 7) is 3.29. The van der Waals surface area contributed by atoms with Crippen LogP contribution in [0.2, 0.25) is 0 Å². The van der Waals surface area contributed by atoms with Gasteiger partial charge in [-0.05, 0) is 29.5 Å². The monoisotopic (exact) mass is 459 g/mol. The molecule has 0 fully saturated rings. The maximum Gasteiger partial charge on any atom is 0.230 e. The van der Waals surface area contributed by atoms with Gasteiger partial charge in [-0.1, -0.05) is 80.6 Å². The van der Waals surface area contributed by atoms with Gasteiger partial charge in [-0.3, -0.25) is 4.79 Å². The highest BCUT2D eigenvalue weighted by molar-refractivity contribution is 5.97. The smallest absolute Gasteiger partial charge is 0.230 e. The van der Waals surface area contributed by atoms with E-state index in [9.17, 15) is 26.7 Å². The minimum Gasteiger partial charge on any atom is -0.321 e. The minimum absolute atomic E-state index is 0.156. The van der Waals surface area contributed by atoms with Crippen LogP contribution in [-0.4, -0.2) is 5.91 Å². The second kappa shape index (κ2) is 9.98. The number of nitrogens with one attached hydrogen (secondary N) is 1. The van der Waals surface area contributed by atoms with Gasteiger partial charge in [0.25, 0.3) is 0 Å². The van der Waals surface area contributed by atoms with E-state index in [2.05, 4.69) is 0 Å². The summed E-state index contributed by atoms with van der Waals surface area (Å²) in [6, 6.07) is 18.6. The number of hydrogen-bond acceptors (Lipinski definition) is 1. The normalized spacial score (nSPS) is 13.5. The van der Waals surface area contributed by atoms with E-state index in [-0.39, 0.29) is 12.8 Å². The summed E-state index contributed by atoms with van der Waals surface area (Å²) < 4.78 is 68.8. The van der Waals surface area contributed by atoms with Crippen LogP contribution >= 0.6 is 0 Å². The third-order valence-electron chi connectivity index (χ3n) is 5.64. The number of allylic oxidation sites excluding steroid dienone is 1. The fourth-order valence-electron chi connectivity index (χ4n) is 3.40. The summed E-state index contributed by atoms with van der Waals surface area (Å²) >= 11 is 0. The largest absolute Gasteiger partial charge is 0.321 e. The number of amides is 1. The molecule has 1 amide bonds. The van der Waals surface area contributed by atoms with Crippen molar-refractivity contribution >= 4 is 23.2 Å². The lowest BCUT2D eigenvalue weighted by atomic mass is 9.78. The Morgan fingerprint density at radius 3 is 1.82 bits per heavy atom. The second-order valence-corrected chi connectivity index (χ2v) is 7.94. The van der Waals surface area contributed by atoms with Crippen LogP contribution in [0.3, 0.4) is 0 Å². The van der Waals surface area contributed by atoms with Crippen molar-refractivity contribution in [1.82, 2.24) is 0 Å². The van der Waals surface area contributed by atoms with Gasteiger partial charge in [0.05, 0.1) is 5.41 Å². The van der Waals surface area contributed by atoms with Crippen molar-refractivity contribution in [3.8, 4) is 0 Å². The van der Waals surface area contributed by atoms with Crippen molar-refractivity contribution in [3.05, 3.63) is 101 Å². The van der Waals surface area contributed by atoms with E-state index >= 15 is 0 Å². The van der Waals surface area contributed by atoms with Crippen molar-refractivity contribution in [2.75, 3.05) is 5.32 Å². The third kappa shape index (κ3) is 5.13. The lowest BCUT2D eigenvalue weighted by Crippen LogP contribution is -2.34. The molecule has 0 aliphatic heterocycles. The first kappa shape index (κ1) is 24.2. The molecule has 0 aliphatic rings. The average molecular weight is 459 g/mol. The quantitative estimate of drug-likeness (QED) is 0.170. The van der Waals surface area contributed by atoms with Gasteiger partial charge in [0.15, 0.2) is 23.3 Å². The highest BCUT2D eigenvalue weighted by Gasteiger charge is 2.35. The van der Waals surface area contributed by atoms with Gasteiger partial charge in [0, 0.05) is 0 Å². The van der Waals surface area contributed by atoms with E-state index in [0.29, 0.717) is 0 Å². The molecule has 0 aliphatic carbocycles. The summed E-state index contributed by atoms with van der Waals surface area (Å²) in [4.78, 5) is 13.1. The fraction of sp³-hybridized carbons (Fsp3) is 0.192. The van der Waals surface area contributed by atoms with Crippen LogP contribution < -0.4 is 5.32 Å². The third-order valence-corrected chi connectivity index (χ3v) is 5.64. The summed E-state index contributed by atoms with van der Waals surface area (Å²) in [7, 11) is 0. The molecular formula is C26H22F5NO. The maximum absolute atomic E-state index is 14.1. The van der Waals surface area contributed by atoms with E-state index in [1.54, 1.807) is 13.8 Å².